The Balaban J connectivity index is 2.78. The number of nitrogens with two attached hydrogens (primary N) is 1. The molecule has 3 N–H and O–H groups in total. The zero-order valence-corrected chi connectivity index (χ0v) is 8.77. The third-order valence-corrected chi connectivity index (χ3v) is 2.12. The lowest BCUT2D eigenvalue weighted by atomic mass is 10.2. The third kappa shape index (κ3) is 3.08. The molecule has 0 spiro atoms. The first-order valence-electron chi connectivity index (χ1n) is 4.62. The molecule has 0 aliphatic heterocycles. The molecule has 0 radical (unpaired) electrons. The number of hydrogen-bond acceptors (Lipinski definition) is 3. The van der Waals surface area contributed by atoms with Crippen molar-refractivity contribution in [3.8, 4) is 0 Å². The predicted molar refractivity (Wildman–Crippen MR) is 58.2 cm³/mol. The molecule has 0 unspecified atom stereocenters. The van der Waals surface area contributed by atoms with Gasteiger partial charge in [0.25, 0.3) is 6.43 Å². The molecule has 0 saturated carbocycles. The number of oxime groups is 1. The zero-order chi connectivity index (χ0) is 12.1. The maximum Gasteiger partial charge on any atom is 0.255 e. The fraction of sp³-hybridized carbons (Fsp3) is 0.300. The van der Waals surface area contributed by atoms with Crippen LogP contribution in [0.15, 0.2) is 29.4 Å². The number of nitrogens with zero attached hydrogens (tertiary/aromatic N) is 2. The van der Waals surface area contributed by atoms with Crippen molar-refractivity contribution in [1.82, 2.24) is 0 Å². The molecule has 0 atom stereocenters. The predicted octanol–water partition coefficient (Wildman–Crippen LogP) is 1.48. The number of anilines is 1. The van der Waals surface area contributed by atoms with Gasteiger partial charge >= 0.3 is 0 Å². The van der Waals surface area contributed by atoms with E-state index in [4.69, 9.17) is 10.9 Å². The lowest BCUT2D eigenvalue weighted by Crippen LogP contribution is -2.24. The number of amidine groups is 1. The Kier molecular flexibility index (Phi) is 4.04. The molecule has 0 aliphatic rings. The molecule has 0 amide bonds. The summed E-state index contributed by atoms with van der Waals surface area (Å²) in [5.74, 6) is -0.0111. The van der Waals surface area contributed by atoms with Crippen molar-refractivity contribution in [3.05, 3.63) is 29.8 Å². The van der Waals surface area contributed by atoms with E-state index in [0.717, 1.165) is 0 Å². The minimum atomic E-state index is -2.38. The van der Waals surface area contributed by atoms with E-state index in [9.17, 15) is 8.78 Å². The molecular weight excluding hydrogens is 216 g/mol. The molecule has 0 bridgehead atoms. The fourth-order valence-electron chi connectivity index (χ4n) is 1.26. The first-order valence-corrected chi connectivity index (χ1v) is 4.62. The minimum Gasteiger partial charge on any atom is -0.409 e. The molecule has 1 aromatic carbocycles. The molecular formula is C10H13F2N3O. The van der Waals surface area contributed by atoms with Crippen LogP contribution in [0.25, 0.3) is 0 Å². The second kappa shape index (κ2) is 5.29. The van der Waals surface area contributed by atoms with Crippen LogP contribution in [0, 0.1) is 0 Å². The smallest absolute Gasteiger partial charge is 0.255 e. The number of hydrogen-bond donors (Lipinski definition) is 2. The molecule has 0 fully saturated rings. The van der Waals surface area contributed by atoms with E-state index in [0.29, 0.717) is 11.3 Å². The van der Waals surface area contributed by atoms with Crippen LogP contribution in [0.4, 0.5) is 14.5 Å². The SMILES string of the molecule is CN(CC(F)F)c1ccc(C(N)=NO)cc1. The summed E-state index contributed by atoms with van der Waals surface area (Å²) < 4.78 is 24.2. The summed E-state index contributed by atoms with van der Waals surface area (Å²) in [5, 5.41) is 11.3. The average molecular weight is 229 g/mol. The van der Waals surface area contributed by atoms with Gasteiger partial charge in [-0.1, -0.05) is 5.16 Å². The quantitative estimate of drug-likeness (QED) is 0.356. The number of alkyl halides is 2. The third-order valence-electron chi connectivity index (χ3n) is 2.12. The Morgan fingerprint density at radius 2 is 2.00 bits per heavy atom. The van der Waals surface area contributed by atoms with E-state index >= 15 is 0 Å². The molecule has 1 aromatic rings. The Bertz CT molecular complexity index is 365. The van der Waals surface area contributed by atoms with E-state index in [1.54, 1.807) is 31.3 Å². The number of rotatable bonds is 4. The molecule has 4 nitrogen and oxygen atoms in total. The van der Waals surface area contributed by atoms with Crippen molar-refractivity contribution in [2.45, 2.75) is 6.43 Å². The number of halogens is 2. The standard InChI is InChI=1S/C10H13F2N3O/c1-15(6-9(11)12)8-4-2-7(3-5-8)10(13)14-16/h2-5,9,16H,6H2,1H3,(H2,13,14). The summed E-state index contributed by atoms with van der Waals surface area (Å²) in [6.45, 7) is -0.330. The first kappa shape index (κ1) is 12.2. The second-order valence-corrected chi connectivity index (χ2v) is 3.30. The molecule has 0 saturated heterocycles. The van der Waals surface area contributed by atoms with Crippen LogP contribution in [-0.2, 0) is 0 Å². The lowest BCUT2D eigenvalue weighted by Gasteiger charge is -2.18. The Hall–Kier alpha value is -1.85. The van der Waals surface area contributed by atoms with Gasteiger partial charge in [-0.15, -0.1) is 0 Å². The topological polar surface area (TPSA) is 61.8 Å². The van der Waals surface area contributed by atoms with E-state index in [-0.39, 0.29) is 12.4 Å². The minimum absolute atomic E-state index is 0.0111. The van der Waals surface area contributed by atoms with E-state index in [1.807, 2.05) is 0 Å². The van der Waals surface area contributed by atoms with Gasteiger partial charge < -0.3 is 15.8 Å². The lowest BCUT2D eigenvalue weighted by molar-refractivity contribution is 0.156. The normalized spacial score (nSPS) is 11.9. The Morgan fingerprint density at radius 1 is 1.44 bits per heavy atom. The summed E-state index contributed by atoms with van der Waals surface area (Å²) >= 11 is 0. The summed E-state index contributed by atoms with van der Waals surface area (Å²) in [6, 6.07) is 6.48. The molecule has 0 heterocycles. The van der Waals surface area contributed by atoms with Crippen molar-refractivity contribution in [3.63, 3.8) is 0 Å². The molecule has 0 aliphatic carbocycles. The van der Waals surface area contributed by atoms with Gasteiger partial charge in [0.2, 0.25) is 0 Å². The fourth-order valence-corrected chi connectivity index (χ4v) is 1.26. The largest absolute Gasteiger partial charge is 0.409 e. The van der Waals surface area contributed by atoms with Crippen molar-refractivity contribution in [2.24, 2.45) is 10.9 Å². The van der Waals surface area contributed by atoms with Crippen LogP contribution >= 0.6 is 0 Å². The van der Waals surface area contributed by atoms with Crippen molar-refractivity contribution >= 4 is 11.5 Å². The zero-order valence-electron chi connectivity index (χ0n) is 8.77. The maximum atomic E-state index is 12.1. The summed E-state index contributed by atoms with van der Waals surface area (Å²) in [6.07, 6.45) is -2.38. The van der Waals surface area contributed by atoms with Gasteiger partial charge in [0.05, 0.1) is 6.54 Å². The molecule has 88 valence electrons. The highest BCUT2D eigenvalue weighted by Gasteiger charge is 2.08. The van der Waals surface area contributed by atoms with Gasteiger partial charge in [0.1, 0.15) is 0 Å². The highest BCUT2D eigenvalue weighted by atomic mass is 19.3. The van der Waals surface area contributed by atoms with E-state index in [2.05, 4.69) is 5.16 Å². The van der Waals surface area contributed by atoms with Crippen LogP contribution in [0.2, 0.25) is 0 Å². The highest BCUT2D eigenvalue weighted by Crippen LogP contribution is 2.14. The Morgan fingerprint density at radius 3 is 2.44 bits per heavy atom. The molecule has 0 aromatic heterocycles. The Labute approximate surface area is 92.0 Å². The van der Waals surface area contributed by atoms with Gasteiger partial charge in [-0.25, -0.2) is 8.78 Å². The first-order chi connectivity index (χ1) is 7.54. The monoisotopic (exact) mass is 229 g/mol. The molecule has 6 heteroatoms. The molecule has 16 heavy (non-hydrogen) atoms. The highest BCUT2D eigenvalue weighted by molar-refractivity contribution is 5.97. The van der Waals surface area contributed by atoms with Gasteiger partial charge in [0, 0.05) is 18.3 Å². The van der Waals surface area contributed by atoms with E-state index in [1.165, 1.54) is 4.90 Å². The van der Waals surface area contributed by atoms with Gasteiger partial charge in [-0.3, -0.25) is 0 Å². The average Bonchev–Trinajstić information content (AvgIpc) is 2.27. The van der Waals surface area contributed by atoms with Gasteiger partial charge in [-0.2, -0.15) is 0 Å². The van der Waals surface area contributed by atoms with E-state index < -0.39 is 6.43 Å². The summed E-state index contributed by atoms with van der Waals surface area (Å²) in [7, 11) is 1.57. The van der Waals surface area contributed by atoms with Crippen molar-refractivity contribution in [2.75, 3.05) is 18.5 Å². The summed E-state index contributed by atoms with van der Waals surface area (Å²) in [4.78, 5) is 1.43. The van der Waals surface area contributed by atoms with Crippen LogP contribution < -0.4 is 10.6 Å². The van der Waals surface area contributed by atoms with Crippen LogP contribution in [0.5, 0.6) is 0 Å². The number of benzene rings is 1. The van der Waals surface area contributed by atoms with Crippen LogP contribution in [0.1, 0.15) is 5.56 Å². The summed E-state index contributed by atoms with van der Waals surface area (Å²) in [5.41, 5.74) is 6.55. The van der Waals surface area contributed by atoms with Gasteiger partial charge in [-0.05, 0) is 24.3 Å². The van der Waals surface area contributed by atoms with Crippen molar-refractivity contribution in [1.29, 1.82) is 0 Å². The van der Waals surface area contributed by atoms with Crippen LogP contribution in [0.3, 0.4) is 0 Å². The van der Waals surface area contributed by atoms with Gasteiger partial charge in [0.15, 0.2) is 5.84 Å². The maximum absolute atomic E-state index is 12.1. The van der Waals surface area contributed by atoms with Crippen molar-refractivity contribution < 1.29 is 14.0 Å². The molecule has 1 rings (SSSR count). The second-order valence-electron chi connectivity index (χ2n) is 3.30. The van der Waals surface area contributed by atoms with Crippen LogP contribution in [-0.4, -0.2) is 31.1 Å².